The minimum atomic E-state index is -0.295. The average molecular weight is 417 g/mol. The highest BCUT2D eigenvalue weighted by molar-refractivity contribution is 7.15. The van der Waals surface area contributed by atoms with Gasteiger partial charge in [0.05, 0.1) is 11.3 Å². The SMILES string of the molecule is CCCCN1C(=O)/C(=c2\sc3nc(-c4cccc(C)c4)nn3c2=O)c2ccccc21. The molecule has 2 aromatic carbocycles. The molecule has 1 aliphatic heterocycles. The second-order valence-electron chi connectivity index (χ2n) is 7.44. The van der Waals surface area contributed by atoms with Crippen LogP contribution in [-0.2, 0) is 4.79 Å². The number of benzene rings is 2. The first-order valence-corrected chi connectivity index (χ1v) is 10.8. The van der Waals surface area contributed by atoms with Gasteiger partial charge in [-0.05, 0) is 25.5 Å². The van der Waals surface area contributed by atoms with E-state index in [1.54, 1.807) is 4.90 Å². The molecule has 1 aliphatic rings. The van der Waals surface area contributed by atoms with Crippen LogP contribution in [0.2, 0.25) is 0 Å². The molecule has 2 aromatic heterocycles. The van der Waals surface area contributed by atoms with Crippen LogP contribution in [0.5, 0.6) is 0 Å². The van der Waals surface area contributed by atoms with Gasteiger partial charge >= 0.3 is 0 Å². The third-order valence-electron chi connectivity index (χ3n) is 5.32. The van der Waals surface area contributed by atoms with Gasteiger partial charge in [-0.3, -0.25) is 9.59 Å². The van der Waals surface area contributed by atoms with Gasteiger partial charge in [0, 0.05) is 17.7 Å². The van der Waals surface area contributed by atoms with Crippen molar-refractivity contribution in [3.8, 4) is 11.4 Å². The lowest BCUT2D eigenvalue weighted by molar-refractivity contribution is -0.113. The highest BCUT2D eigenvalue weighted by Crippen LogP contribution is 2.35. The predicted octanol–water partition coefficient (Wildman–Crippen LogP) is 3.19. The van der Waals surface area contributed by atoms with Crippen molar-refractivity contribution in [3.63, 3.8) is 0 Å². The number of anilines is 1. The summed E-state index contributed by atoms with van der Waals surface area (Å²) in [7, 11) is 0. The van der Waals surface area contributed by atoms with Crippen molar-refractivity contribution in [1.82, 2.24) is 14.6 Å². The van der Waals surface area contributed by atoms with Crippen molar-refractivity contribution < 1.29 is 4.79 Å². The minimum Gasteiger partial charge on any atom is -0.308 e. The van der Waals surface area contributed by atoms with Crippen LogP contribution >= 0.6 is 11.3 Å². The van der Waals surface area contributed by atoms with E-state index in [2.05, 4.69) is 17.0 Å². The van der Waals surface area contributed by atoms with Crippen LogP contribution in [0.1, 0.15) is 30.9 Å². The Morgan fingerprint density at radius 1 is 1.07 bits per heavy atom. The second kappa shape index (κ2) is 7.18. The molecule has 0 unspecified atom stereocenters. The van der Waals surface area contributed by atoms with Gasteiger partial charge in [0.2, 0.25) is 4.96 Å². The summed E-state index contributed by atoms with van der Waals surface area (Å²) in [6, 6.07) is 15.5. The molecule has 1 amide bonds. The molecule has 0 fully saturated rings. The molecule has 0 aliphatic carbocycles. The summed E-state index contributed by atoms with van der Waals surface area (Å²) in [5.41, 5.74) is 3.80. The number of aromatic nitrogens is 3. The molecule has 5 rings (SSSR count). The quantitative estimate of drug-likeness (QED) is 0.512. The summed E-state index contributed by atoms with van der Waals surface area (Å²) in [6.45, 7) is 4.74. The predicted molar refractivity (Wildman–Crippen MR) is 119 cm³/mol. The molecule has 0 saturated heterocycles. The number of nitrogens with zero attached hydrogens (tertiary/aromatic N) is 4. The summed E-state index contributed by atoms with van der Waals surface area (Å²) in [5.74, 6) is 0.395. The van der Waals surface area contributed by atoms with Crippen LogP contribution in [0.25, 0.3) is 21.9 Å². The third kappa shape index (κ3) is 2.85. The van der Waals surface area contributed by atoms with Crippen LogP contribution < -0.4 is 15.0 Å². The average Bonchev–Trinajstić information content (AvgIpc) is 3.37. The highest BCUT2D eigenvalue weighted by Gasteiger charge is 2.33. The summed E-state index contributed by atoms with van der Waals surface area (Å²) < 4.78 is 1.71. The maximum absolute atomic E-state index is 13.3. The normalized spacial score (nSPS) is 15.3. The molecule has 7 heteroatoms. The molecule has 0 saturated carbocycles. The fourth-order valence-corrected chi connectivity index (χ4v) is 4.83. The standard InChI is InChI=1S/C23H20N4O2S/c1-3-4-12-26-17-11-6-5-10-16(17)18(21(26)28)19-22(29)27-23(30-19)24-20(25-27)15-9-7-8-14(2)13-15/h5-11,13H,3-4,12H2,1-2H3/b19-18-. The van der Waals surface area contributed by atoms with Gasteiger partial charge in [-0.2, -0.15) is 9.50 Å². The smallest absolute Gasteiger partial charge is 0.291 e. The third-order valence-corrected chi connectivity index (χ3v) is 6.35. The van der Waals surface area contributed by atoms with E-state index in [1.807, 2.05) is 55.5 Å². The van der Waals surface area contributed by atoms with E-state index in [0.29, 0.717) is 27.4 Å². The number of amides is 1. The topological polar surface area (TPSA) is 67.6 Å². The Balaban J connectivity index is 1.69. The fourth-order valence-electron chi connectivity index (χ4n) is 3.83. The first kappa shape index (κ1) is 18.7. The second-order valence-corrected chi connectivity index (χ2v) is 8.42. The van der Waals surface area contributed by atoms with Crippen molar-refractivity contribution in [2.75, 3.05) is 11.4 Å². The Kier molecular flexibility index (Phi) is 4.47. The number of para-hydroxylation sites is 1. The molecule has 150 valence electrons. The van der Waals surface area contributed by atoms with Crippen LogP contribution in [-0.4, -0.2) is 27.0 Å². The van der Waals surface area contributed by atoms with Gasteiger partial charge in [-0.1, -0.05) is 66.6 Å². The van der Waals surface area contributed by atoms with E-state index in [0.717, 1.165) is 35.2 Å². The molecule has 4 aromatic rings. The largest absolute Gasteiger partial charge is 0.308 e. The Morgan fingerprint density at radius 2 is 1.90 bits per heavy atom. The number of unbranched alkanes of at least 4 members (excludes halogenated alkanes) is 1. The maximum atomic E-state index is 13.3. The number of thiazole rings is 1. The number of rotatable bonds is 4. The summed E-state index contributed by atoms with van der Waals surface area (Å²) in [6.07, 6.45) is 1.90. The molecule has 6 nitrogen and oxygen atoms in total. The van der Waals surface area contributed by atoms with Crippen LogP contribution in [0.4, 0.5) is 5.69 Å². The lowest BCUT2D eigenvalue weighted by Gasteiger charge is -2.16. The van der Waals surface area contributed by atoms with Gasteiger partial charge < -0.3 is 4.90 Å². The number of fused-ring (bicyclic) bond motifs is 2. The Labute approximate surface area is 177 Å². The number of aryl methyl sites for hydroxylation is 1. The molecule has 0 N–H and O–H groups in total. The van der Waals surface area contributed by atoms with Crippen LogP contribution in [0.15, 0.2) is 53.3 Å². The van der Waals surface area contributed by atoms with E-state index in [4.69, 9.17) is 0 Å². The van der Waals surface area contributed by atoms with E-state index in [1.165, 1.54) is 15.9 Å². The zero-order chi connectivity index (χ0) is 20.8. The zero-order valence-corrected chi connectivity index (χ0v) is 17.6. The van der Waals surface area contributed by atoms with Gasteiger partial charge in [0.15, 0.2) is 5.82 Å². The van der Waals surface area contributed by atoms with Gasteiger partial charge in [0.25, 0.3) is 11.5 Å². The molecular formula is C23H20N4O2S. The molecular weight excluding hydrogens is 396 g/mol. The van der Waals surface area contributed by atoms with Gasteiger partial charge in [-0.25, -0.2) is 0 Å². The van der Waals surface area contributed by atoms with Gasteiger partial charge in [0.1, 0.15) is 4.53 Å². The molecule has 30 heavy (non-hydrogen) atoms. The highest BCUT2D eigenvalue weighted by atomic mass is 32.1. The molecule has 0 atom stereocenters. The molecule has 0 spiro atoms. The van der Waals surface area contributed by atoms with Crippen LogP contribution in [0.3, 0.4) is 0 Å². The van der Waals surface area contributed by atoms with E-state index in [9.17, 15) is 9.59 Å². The number of carbonyl (C=O) groups is 1. The van der Waals surface area contributed by atoms with Crippen molar-refractivity contribution in [2.24, 2.45) is 0 Å². The Bertz CT molecular complexity index is 1400. The first-order valence-electron chi connectivity index (χ1n) is 10.0. The van der Waals surface area contributed by atoms with Crippen molar-refractivity contribution in [2.45, 2.75) is 26.7 Å². The molecule has 0 radical (unpaired) electrons. The maximum Gasteiger partial charge on any atom is 0.291 e. The lowest BCUT2D eigenvalue weighted by atomic mass is 10.1. The fraction of sp³-hybridized carbons (Fsp3) is 0.217. The zero-order valence-electron chi connectivity index (χ0n) is 16.8. The molecule has 3 heterocycles. The summed E-state index contributed by atoms with van der Waals surface area (Å²) >= 11 is 1.23. The van der Waals surface area contributed by atoms with E-state index < -0.39 is 0 Å². The lowest BCUT2D eigenvalue weighted by Crippen LogP contribution is -2.33. The van der Waals surface area contributed by atoms with Gasteiger partial charge in [-0.15, -0.1) is 5.10 Å². The van der Waals surface area contributed by atoms with Crippen molar-refractivity contribution in [1.29, 1.82) is 0 Å². The van der Waals surface area contributed by atoms with E-state index >= 15 is 0 Å². The summed E-state index contributed by atoms with van der Waals surface area (Å²) in [5, 5.41) is 4.43. The first-order chi connectivity index (χ1) is 14.6. The summed E-state index contributed by atoms with van der Waals surface area (Å²) in [4.78, 5) is 33.3. The minimum absolute atomic E-state index is 0.120. The van der Waals surface area contributed by atoms with Crippen LogP contribution in [0, 0.1) is 6.92 Å². The monoisotopic (exact) mass is 416 g/mol. The number of hydrogen-bond donors (Lipinski definition) is 0. The van der Waals surface area contributed by atoms with E-state index in [-0.39, 0.29) is 11.5 Å². The Hall–Kier alpha value is -3.32. The van der Waals surface area contributed by atoms with Crippen molar-refractivity contribution in [3.05, 3.63) is 74.5 Å². The van der Waals surface area contributed by atoms with Crippen molar-refractivity contribution >= 4 is 33.5 Å². The number of hydrogen-bond acceptors (Lipinski definition) is 5. The number of carbonyl (C=O) groups excluding carboxylic acids is 1. The Morgan fingerprint density at radius 3 is 2.67 bits per heavy atom. The molecule has 0 bridgehead atoms.